The van der Waals surface area contributed by atoms with E-state index in [0.717, 1.165) is 0 Å². The van der Waals surface area contributed by atoms with Crippen LogP contribution in [-0.4, -0.2) is 28.2 Å². The molecule has 3 heteroatoms. The Kier molecular flexibility index (Phi) is 5.79. The first kappa shape index (κ1) is 12.1. The Bertz CT molecular complexity index is 101. The zero-order valence-electron chi connectivity index (χ0n) is 9.02. The van der Waals surface area contributed by atoms with Crippen LogP contribution < -0.4 is 0 Å². The van der Waals surface area contributed by atoms with Gasteiger partial charge in [-0.05, 0) is 0 Å². The normalized spacial score (nSPS) is 12.5. The van der Waals surface area contributed by atoms with E-state index in [2.05, 4.69) is 20.8 Å². The van der Waals surface area contributed by atoms with E-state index >= 15 is 0 Å². The van der Waals surface area contributed by atoms with Crippen molar-refractivity contribution in [3.63, 3.8) is 0 Å². The van der Waals surface area contributed by atoms with Gasteiger partial charge in [0.1, 0.15) is 14.0 Å². The van der Waals surface area contributed by atoms with Gasteiger partial charge in [-0.1, -0.05) is 38.9 Å². The molecule has 2 nitrogen and oxygen atoms in total. The fourth-order valence-electron chi connectivity index (χ4n) is 1.85. The molecule has 0 atom stereocenters. The van der Waals surface area contributed by atoms with Gasteiger partial charge in [0.2, 0.25) is 0 Å². The summed E-state index contributed by atoms with van der Waals surface area (Å²) in [6.07, 6.45) is 0. The SMILES string of the molecule is CC[Si](CC)(CC)C(OC)OC. The fraction of sp³-hybridized carbons (Fsp3) is 1.00. The zero-order chi connectivity index (χ0) is 9.61. The summed E-state index contributed by atoms with van der Waals surface area (Å²) in [5.41, 5.74) is 0. The lowest BCUT2D eigenvalue weighted by molar-refractivity contribution is -0.0512. The first-order valence-electron chi connectivity index (χ1n) is 4.76. The van der Waals surface area contributed by atoms with Crippen LogP contribution >= 0.6 is 0 Å². The number of hydrogen-bond donors (Lipinski definition) is 0. The number of hydrogen-bond acceptors (Lipinski definition) is 2. The van der Waals surface area contributed by atoms with Crippen LogP contribution in [0.4, 0.5) is 0 Å². The molecule has 0 radical (unpaired) electrons. The standard InChI is InChI=1S/C9H22O2Si/c1-6-12(7-2,8-3)9(10-4)11-5/h9H,6-8H2,1-5H3. The molecule has 0 spiro atoms. The van der Waals surface area contributed by atoms with Gasteiger partial charge >= 0.3 is 0 Å². The molecule has 0 aromatic carbocycles. The summed E-state index contributed by atoms with van der Waals surface area (Å²) in [6, 6.07) is 3.73. The van der Waals surface area contributed by atoms with E-state index in [4.69, 9.17) is 9.47 Å². The number of ether oxygens (including phenoxy) is 2. The molecule has 0 aliphatic heterocycles. The minimum absolute atomic E-state index is 0.0810. The summed E-state index contributed by atoms with van der Waals surface area (Å²) in [7, 11) is 2.20. The molecule has 0 aromatic rings. The summed E-state index contributed by atoms with van der Waals surface area (Å²) in [5.74, 6) is 0.0810. The van der Waals surface area contributed by atoms with Gasteiger partial charge in [0.25, 0.3) is 0 Å². The third-order valence-electron chi connectivity index (χ3n) is 3.04. The third kappa shape index (κ3) is 2.31. The second-order valence-corrected chi connectivity index (χ2v) is 8.54. The van der Waals surface area contributed by atoms with Gasteiger partial charge in [0, 0.05) is 14.2 Å². The van der Waals surface area contributed by atoms with Crippen molar-refractivity contribution in [3.05, 3.63) is 0 Å². The van der Waals surface area contributed by atoms with Crippen molar-refractivity contribution in [2.24, 2.45) is 0 Å². The van der Waals surface area contributed by atoms with Gasteiger partial charge in [0.15, 0.2) is 0 Å². The molecule has 0 rings (SSSR count). The van der Waals surface area contributed by atoms with Crippen molar-refractivity contribution >= 4 is 8.07 Å². The topological polar surface area (TPSA) is 18.5 Å². The van der Waals surface area contributed by atoms with Crippen LogP contribution in [0.3, 0.4) is 0 Å². The molecule has 74 valence electrons. The average molecular weight is 190 g/mol. The predicted octanol–water partition coefficient (Wildman–Crippen LogP) is 2.65. The van der Waals surface area contributed by atoms with Crippen molar-refractivity contribution < 1.29 is 9.47 Å². The first-order chi connectivity index (χ1) is 5.70. The van der Waals surface area contributed by atoms with Crippen molar-refractivity contribution in [2.45, 2.75) is 44.8 Å². The summed E-state index contributed by atoms with van der Waals surface area (Å²) in [5, 5.41) is 0. The summed E-state index contributed by atoms with van der Waals surface area (Å²) in [6.45, 7) is 6.76. The molecule has 0 heterocycles. The van der Waals surface area contributed by atoms with Crippen molar-refractivity contribution in [1.29, 1.82) is 0 Å². The van der Waals surface area contributed by atoms with Crippen molar-refractivity contribution in [1.82, 2.24) is 0 Å². The summed E-state index contributed by atoms with van der Waals surface area (Å²) in [4.78, 5) is 0. The van der Waals surface area contributed by atoms with Crippen LogP contribution in [0.15, 0.2) is 0 Å². The first-order valence-corrected chi connectivity index (χ1v) is 7.46. The van der Waals surface area contributed by atoms with Crippen molar-refractivity contribution in [3.8, 4) is 0 Å². The van der Waals surface area contributed by atoms with Gasteiger partial charge in [-0.25, -0.2) is 0 Å². The Balaban J connectivity index is 4.42. The Morgan fingerprint density at radius 1 is 0.917 bits per heavy atom. The maximum absolute atomic E-state index is 5.38. The highest BCUT2D eigenvalue weighted by molar-refractivity contribution is 6.80. The fourth-order valence-corrected chi connectivity index (χ4v) is 5.35. The monoisotopic (exact) mass is 190 g/mol. The van der Waals surface area contributed by atoms with Gasteiger partial charge < -0.3 is 9.47 Å². The van der Waals surface area contributed by atoms with E-state index in [1.54, 1.807) is 14.2 Å². The summed E-state index contributed by atoms with van der Waals surface area (Å²) < 4.78 is 10.8. The molecule has 0 saturated heterocycles. The zero-order valence-corrected chi connectivity index (χ0v) is 10.0. The van der Waals surface area contributed by atoms with Gasteiger partial charge in [0.05, 0.1) is 0 Å². The number of methoxy groups -OCH3 is 2. The minimum Gasteiger partial charge on any atom is -0.360 e. The molecule has 0 aliphatic carbocycles. The van der Waals surface area contributed by atoms with Crippen molar-refractivity contribution in [2.75, 3.05) is 14.2 Å². The molecule has 0 fully saturated rings. The second-order valence-electron chi connectivity index (χ2n) is 3.23. The molecule has 0 saturated carbocycles. The van der Waals surface area contributed by atoms with Gasteiger partial charge in [-0.2, -0.15) is 0 Å². The highest BCUT2D eigenvalue weighted by Gasteiger charge is 2.37. The van der Waals surface area contributed by atoms with E-state index < -0.39 is 8.07 Å². The molecule has 12 heavy (non-hydrogen) atoms. The van der Waals surface area contributed by atoms with Crippen LogP contribution in [0.2, 0.25) is 18.1 Å². The Morgan fingerprint density at radius 2 is 1.25 bits per heavy atom. The quantitative estimate of drug-likeness (QED) is 0.473. The van der Waals surface area contributed by atoms with Crippen LogP contribution in [0, 0.1) is 0 Å². The largest absolute Gasteiger partial charge is 0.360 e. The molecule has 0 aliphatic rings. The van der Waals surface area contributed by atoms with Gasteiger partial charge in [-0.15, -0.1) is 0 Å². The highest BCUT2D eigenvalue weighted by atomic mass is 28.3. The Hall–Kier alpha value is 0.137. The molecule has 0 bridgehead atoms. The molecule has 0 unspecified atom stereocenters. The maximum Gasteiger partial charge on any atom is 0.140 e. The average Bonchev–Trinajstić information content (AvgIpc) is 2.14. The summed E-state index contributed by atoms with van der Waals surface area (Å²) >= 11 is 0. The molecular formula is C9H22O2Si. The lowest BCUT2D eigenvalue weighted by Crippen LogP contribution is -2.48. The van der Waals surface area contributed by atoms with Gasteiger partial charge in [-0.3, -0.25) is 0 Å². The van der Waals surface area contributed by atoms with Crippen LogP contribution in [0.5, 0.6) is 0 Å². The van der Waals surface area contributed by atoms with E-state index in [1.165, 1.54) is 18.1 Å². The smallest absolute Gasteiger partial charge is 0.140 e. The van der Waals surface area contributed by atoms with E-state index in [0.29, 0.717) is 0 Å². The van der Waals surface area contributed by atoms with Crippen LogP contribution in [0.1, 0.15) is 20.8 Å². The minimum atomic E-state index is -1.29. The maximum atomic E-state index is 5.38. The van der Waals surface area contributed by atoms with E-state index in [9.17, 15) is 0 Å². The molecule has 0 amide bonds. The third-order valence-corrected chi connectivity index (χ3v) is 8.74. The predicted molar refractivity (Wildman–Crippen MR) is 55.0 cm³/mol. The molecule has 0 N–H and O–H groups in total. The lowest BCUT2D eigenvalue weighted by atomic mass is 10.9. The molecular weight excluding hydrogens is 168 g/mol. The lowest BCUT2D eigenvalue weighted by Gasteiger charge is -2.34. The second kappa shape index (κ2) is 5.73. The molecule has 0 aromatic heterocycles. The Labute approximate surface area is 77.3 Å². The van der Waals surface area contributed by atoms with Crippen LogP contribution in [0.25, 0.3) is 0 Å². The van der Waals surface area contributed by atoms with Crippen LogP contribution in [-0.2, 0) is 9.47 Å². The van der Waals surface area contributed by atoms with E-state index in [-0.39, 0.29) is 5.91 Å². The highest BCUT2D eigenvalue weighted by Crippen LogP contribution is 2.26. The van der Waals surface area contributed by atoms with E-state index in [1.807, 2.05) is 0 Å². The Morgan fingerprint density at radius 3 is 1.33 bits per heavy atom. The number of rotatable bonds is 6.